The van der Waals surface area contributed by atoms with Crippen molar-refractivity contribution in [2.75, 3.05) is 0 Å². The van der Waals surface area contributed by atoms with Crippen molar-refractivity contribution in [2.45, 2.75) is 52.2 Å². The van der Waals surface area contributed by atoms with Gasteiger partial charge in [0, 0.05) is 11.3 Å². The first-order valence-electron chi connectivity index (χ1n) is 10.3. The second kappa shape index (κ2) is 8.45. The number of thiophene rings is 1. The average molecular weight is 403 g/mol. The molecule has 1 aliphatic rings. The van der Waals surface area contributed by atoms with Gasteiger partial charge in [0.2, 0.25) is 0 Å². The lowest BCUT2D eigenvalue weighted by atomic mass is 10.00. The fourth-order valence-corrected chi connectivity index (χ4v) is 4.81. The van der Waals surface area contributed by atoms with E-state index in [9.17, 15) is 5.11 Å². The molecule has 0 amide bonds. The van der Waals surface area contributed by atoms with Crippen molar-refractivity contribution in [2.24, 2.45) is 0 Å². The minimum atomic E-state index is -0.322. The molecule has 0 radical (unpaired) electrons. The first-order valence-corrected chi connectivity index (χ1v) is 11.1. The number of aliphatic hydroxyl groups is 1. The van der Waals surface area contributed by atoms with E-state index in [0.29, 0.717) is 0 Å². The molecule has 0 bridgehead atoms. The van der Waals surface area contributed by atoms with E-state index in [1.165, 1.54) is 21.6 Å². The molecule has 1 atom stereocenters. The van der Waals surface area contributed by atoms with Crippen LogP contribution in [-0.2, 0) is 6.42 Å². The van der Waals surface area contributed by atoms with Crippen molar-refractivity contribution in [3.8, 4) is 39.2 Å². The van der Waals surface area contributed by atoms with Gasteiger partial charge in [0.05, 0.1) is 17.8 Å². The van der Waals surface area contributed by atoms with E-state index < -0.39 is 0 Å². The van der Waals surface area contributed by atoms with Crippen molar-refractivity contribution in [1.29, 1.82) is 0 Å². The Morgan fingerprint density at radius 2 is 2.03 bits per heavy atom. The molecule has 0 saturated heterocycles. The van der Waals surface area contributed by atoms with E-state index in [2.05, 4.69) is 60.5 Å². The maximum Gasteiger partial charge on any atom is 0.135 e. The molecule has 2 nitrogen and oxygen atoms in total. The topological polar surface area (TPSA) is 29.5 Å². The van der Waals surface area contributed by atoms with Crippen LogP contribution in [0.3, 0.4) is 0 Å². The van der Waals surface area contributed by atoms with Crippen molar-refractivity contribution in [3.05, 3.63) is 64.5 Å². The lowest BCUT2D eigenvalue weighted by Crippen LogP contribution is -2.06. The van der Waals surface area contributed by atoms with Gasteiger partial charge in [-0.05, 0) is 78.1 Å². The molecule has 1 heterocycles. The minimum Gasteiger partial charge on any atom is -0.490 e. The smallest absolute Gasteiger partial charge is 0.135 e. The van der Waals surface area contributed by atoms with Crippen LogP contribution in [0.5, 0.6) is 5.75 Å². The molecular weight excluding hydrogens is 376 g/mol. The monoisotopic (exact) mass is 402 g/mol. The lowest BCUT2D eigenvalue weighted by Gasteiger charge is -2.12. The Morgan fingerprint density at radius 1 is 1.17 bits per heavy atom. The summed E-state index contributed by atoms with van der Waals surface area (Å²) in [6, 6.07) is 14.8. The predicted octanol–water partition coefficient (Wildman–Crippen LogP) is 6.61. The molecule has 4 rings (SSSR count). The highest BCUT2D eigenvalue weighted by Gasteiger charge is 2.23. The van der Waals surface area contributed by atoms with Crippen LogP contribution in [0.2, 0.25) is 0 Å². The average Bonchev–Trinajstić information content (AvgIpc) is 3.34. The van der Waals surface area contributed by atoms with Crippen LogP contribution in [0, 0.1) is 11.8 Å². The summed E-state index contributed by atoms with van der Waals surface area (Å²) in [5.41, 5.74) is 6.91. The molecule has 1 unspecified atom stereocenters. The second-order valence-electron chi connectivity index (χ2n) is 7.66. The van der Waals surface area contributed by atoms with Gasteiger partial charge in [-0.2, -0.15) is 0 Å². The predicted molar refractivity (Wildman–Crippen MR) is 121 cm³/mol. The van der Waals surface area contributed by atoms with Crippen LogP contribution in [-0.4, -0.2) is 11.2 Å². The Morgan fingerprint density at radius 3 is 2.83 bits per heavy atom. The van der Waals surface area contributed by atoms with Gasteiger partial charge in [-0.15, -0.1) is 11.3 Å². The molecule has 3 heteroatoms. The van der Waals surface area contributed by atoms with Crippen LogP contribution in [0.25, 0.3) is 21.6 Å². The summed E-state index contributed by atoms with van der Waals surface area (Å²) in [6.45, 7) is 6.12. The van der Waals surface area contributed by atoms with Crippen molar-refractivity contribution in [3.63, 3.8) is 0 Å². The van der Waals surface area contributed by atoms with Crippen molar-refractivity contribution >= 4 is 11.3 Å². The van der Waals surface area contributed by atoms with E-state index in [4.69, 9.17) is 4.74 Å². The first kappa shape index (κ1) is 19.8. The van der Waals surface area contributed by atoms with Crippen LogP contribution < -0.4 is 4.74 Å². The summed E-state index contributed by atoms with van der Waals surface area (Å²) in [5, 5.41) is 12.4. The molecule has 2 aromatic carbocycles. The zero-order valence-corrected chi connectivity index (χ0v) is 18.0. The van der Waals surface area contributed by atoms with E-state index >= 15 is 0 Å². The fraction of sp³-hybridized carbons (Fsp3) is 0.308. The SMILES string of the molecule is CCC#Cc1cc(-c2csc(-c3cccc4c3CCC4O)c2)ccc1OC(C)C. The van der Waals surface area contributed by atoms with Gasteiger partial charge in [-0.3, -0.25) is 0 Å². The highest BCUT2D eigenvalue weighted by Crippen LogP contribution is 2.41. The number of aliphatic hydroxyl groups excluding tert-OH is 1. The van der Waals surface area contributed by atoms with E-state index in [0.717, 1.165) is 41.7 Å². The maximum atomic E-state index is 10.2. The molecular formula is C26H26O2S. The number of hydrogen-bond acceptors (Lipinski definition) is 3. The van der Waals surface area contributed by atoms with Gasteiger partial charge in [0.1, 0.15) is 5.75 Å². The number of hydrogen-bond donors (Lipinski definition) is 1. The summed E-state index contributed by atoms with van der Waals surface area (Å²) in [5.74, 6) is 7.27. The van der Waals surface area contributed by atoms with Crippen LogP contribution in [0.15, 0.2) is 47.8 Å². The number of benzene rings is 2. The Hall–Kier alpha value is -2.54. The highest BCUT2D eigenvalue weighted by molar-refractivity contribution is 7.14. The normalized spacial score (nSPS) is 15.1. The zero-order valence-electron chi connectivity index (χ0n) is 17.2. The number of fused-ring (bicyclic) bond motifs is 1. The number of rotatable bonds is 4. The van der Waals surface area contributed by atoms with Crippen LogP contribution in [0.1, 0.15) is 56.4 Å². The Labute approximate surface area is 177 Å². The second-order valence-corrected chi connectivity index (χ2v) is 8.57. The Balaban J connectivity index is 1.70. The summed E-state index contributed by atoms with van der Waals surface area (Å²) < 4.78 is 5.94. The van der Waals surface area contributed by atoms with Crippen LogP contribution >= 0.6 is 11.3 Å². The fourth-order valence-electron chi connectivity index (χ4n) is 3.84. The molecule has 1 aromatic heterocycles. The van der Waals surface area contributed by atoms with Gasteiger partial charge in [0.15, 0.2) is 0 Å². The van der Waals surface area contributed by atoms with Gasteiger partial charge in [-0.25, -0.2) is 0 Å². The summed E-state index contributed by atoms with van der Waals surface area (Å²) in [4.78, 5) is 1.25. The van der Waals surface area contributed by atoms with E-state index in [1.807, 2.05) is 19.9 Å². The summed E-state index contributed by atoms with van der Waals surface area (Å²) in [7, 11) is 0. The largest absolute Gasteiger partial charge is 0.490 e. The Bertz CT molecular complexity index is 1080. The molecule has 0 aliphatic heterocycles. The van der Waals surface area contributed by atoms with Crippen LogP contribution in [0.4, 0.5) is 0 Å². The van der Waals surface area contributed by atoms with Gasteiger partial charge >= 0.3 is 0 Å². The van der Waals surface area contributed by atoms with E-state index in [1.54, 1.807) is 11.3 Å². The molecule has 148 valence electrons. The lowest BCUT2D eigenvalue weighted by molar-refractivity contribution is 0.180. The highest BCUT2D eigenvalue weighted by atomic mass is 32.1. The minimum absolute atomic E-state index is 0.117. The molecule has 1 aliphatic carbocycles. The third-order valence-electron chi connectivity index (χ3n) is 5.18. The third-order valence-corrected chi connectivity index (χ3v) is 6.14. The quantitative estimate of drug-likeness (QED) is 0.498. The van der Waals surface area contributed by atoms with E-state index in [-0.39, 0.29) is 12.2 Å². The third kappa shape index (κ3) is 4.10. The van der Waals surface area contributed by atoms with Crippen molar-refractivity contribution < 1.29 is 9.84 Å². The first-order chi connectivity index (χ1) is 14.1. The standard InChI is InChI=1S/C26H26O2S/c1-4-5-7-19-14-18(10-13-25(19)28-17(2)3)20-15-26(29-16-20)23-9-6-8-22-21(23)11-12-24(22)27/h6,8-10,13-17,24,27H,4,11-12H2,1-3H3. The maximum absolute atomic E-state index is 10.2. The van der Waals surface area contributed by atoms with Gasteiger partial charge in [-0.1, -0.05) is 43.0 Å². The van der Waals surface area contributed by atoms with Gasteiger partial charge in [0.25, 0.3) is 0 Å². The zero-order chi connectivity index (χ0) is 20.4. The molecule has 29 heavy (non-hydrogen) atoms. The molecule has 3 aromatic rings. The summed E-state index contributed by atoms with van der Waals surface area (Å²) >= 11 is 1.75. The number of ether oxygens (including phenoxy) is 1. The van der Waals surface area contributed by atoms with Gasteiger partial charge < -0.3 is 9.84 Å². The van der Waals surface area contributed by atoms with Crippen molar-refractivity contribution in [1.82, 2.24) is 0 Å². The molecule has 1 N–H and O–H groups in total. The molecule has 0 saturated carbocycles. The Kier molecular flexibility index (Phi) is 5.76. The molecule has 0 spiro atoms. The molecule has 0 fully saturated rings. The summed E-state index contributed by atoms with van der Waals surface area (Å²) in [6.07, 6.45) is 2.38.